The highest BCUT2D eigenvalue weighted by Crippen LogP contribution is 2.10. The molecule has 2 fully saturated rings. The molecular weight excluding hydrogens is 148 g/mol. The molecule has 2 heterocycles. The van der Waals surface area contributed by atoms with Crippen molar-refractivity contribution in [3.05, 3.63) is 0 Å². The summed E-state index contributed by atoms with van der Waals surface area (Å²) in [5.41, 5.74) is 0. The highest BCUT2D eigenvalue weighted by Gasteiger charge is 2.23. The molecule has 0 aromatic carbocycles. The van der Waals surface area contributed by atoms with Gasteiger partial charge in [0, 0.05) is 6.92 Å². The third kappa shape index (κ3) is 1.47. The Hall–Kier alpha value is -0.530. The van der Waals surface area contributed by atoms with Crippen molar-refractivity contribution in [1.82, 2.24) is 4.90 Å². The fourth-order valence-corrected chi connectivity index (χ4v) is 2.28. The van der Waals surface area contributed by atoms with Crippen LogP contribution in [0.2, 0.25) is 0 Å². The van der Waals surface area contributed by atoms with Gasteiger partial charge in [-0.25, -0.2) is 0 Å². The summed E-state index contributed by atoms with van der Waals surface area (Å²) in [6.07, 6.45) is 5.58. The summed E-state index contributed by atoms with van der Waals surface area (Å²) in [4.78, 5) is 2.55. The van der Waals surface area contributed by atoms with Crippen molar-refractivity contribution in [2.45, 2.75) is 32.6 Å². The monoisotopic (exact) mass is 167 g/mol. The van der Waals surface area contributed by atoms with Crippen LogP contribution in [0.4, 0.5) is 0 Å². The van der Waals surface area contributed by atoms with Crippen LogP contribution in [-0.2, 0) is 0 Å². The van der Waals surface area contributed by atoms with E-state index in [2.05, 4.69) is 16.4 Å². The molecule has 0 amide bonds. The molecule has 2 nitrogen and oxygen atoms in total. The van der Waals surface area contributed by atoms with Crippen LogP contribution in [0, 0.1) is 0 Å². The Balaban J connectivity index is 2.05. The minimum Gasteiger partial charge on any atom is -0.266 e. The van der Waals surface area contributed by atoms with Crippen LogP contribution in [0.1, 0.15) is 32.6 Å². The van der Waals surface area contributed by atoms with E-state index in [0.29, 0.717) is 0 Å². The lowest BCUT2D eigenvalue weighted by atomic mass is 10.4. The van der Waals surface area contributed by atoms with Crippen molar-refractivity contribution in [2.24, 2.45) is 0 Å². The Morgan fingerprint density at radius 2 is 1.58 bits per heavy atom. The molecule has 0 atom stereocenters. The van der Waals surface area contributed by atoms with Crippen molar-refractivity contribution < 1.29 is 4.58 Å². The van der Waals surface area contributed by atoms with E-state index in [1.54, 1.807) is 0 Å². The standard InChI is InChI=1S/C10H19N2/c1-10(11-6-2-3-7-11)12-8-4-5-9-12/h2-9H2,1H3/q+1. The van der Waals surface area contributed by atoms with E-state index in [1.165, 1.54) is 57.7 Å². The Labute approximate surface area is 74.9 Å². The average Bonchev–Trinajstić information content (AvgIpc) is 2.77. The molecule has 0 N–H and O–H groups in total. The van der Waals surface area contributed by atoms with Crippen LogP contribution in [0.25, 0.3) is 0 Å². The van der Waals surface area contributed by atoms with Gasteiger partial charge in [0.05, 0.1) is 26.2 Å². The minimum atomic E-state index is 1.29. The first kappa shape index (κ1) is 8.09. The first-order valence-corrected chi connectivity index (χ1v) is 5.21. The van der Waals surface area contributed by atoms with E-state index < -0.39 is 0 Å². The molecule has 0 bridgehead atoms. The topological polar surface area (TPSA) is 6.25 Å². The minimum absolute atomic E-state index is 1.29. The molecule has 2 heteroatoms. The number of hydrogen-bond donors (Lipinski definition) is 0. The van der Waals surface area contributed by atoms with Gasteiger partial charge in [-0.15, -0.1) is 0 Å². The lowest BCUT2D eigenvalue weighted by molar-refractivity contribution is -0.511. The zero-order chi connectivity index (χ0) is 8.39. The van der Waals surface area contributed by atoms with E-state index in [0.717, 1.165) is 0 Å². The van der Waals surface area contributed by atoms with Crippen molar-refractivity contribution in [3.63, 3.8) is 0 Å². The predicted octanol–water partition coefficient (Wildman–Crippen LogP) is 1.31. The lowest BCUT2D eigenvalue weighted by Gasteiger charge is -2.12. The first-order valence-electron chi connectivity index (χ1n) is 5.21. The van der Waals surface area contributed by atoms with Crippen LogP contribution < -0.4 is 0 Å². The van der Waals surface area contributed by atoms with Gasteiger partial charge in [0.2, 0.25) is 5.84 Å². The number of likely N-dealkylation sites (tertiary alicyclic amines) is 1. The fourth-order valence-electron chi connectivity index (χ4n) is 2.28. The molecule has 0 aromatic heterocycles. The fraction of sp³-hybridized carbons (Fsp3) is 0.900. The van der Waals surface area contributed by atoms with E-state index in [-0.39, 0.29) is 0 Å². The van der Waals surface area contributed by atoms with Crippen molar-refractivity contribution in [3.8, 4) is 0 Å². The van der Waals surface area contributed by atoms with Gasteiger partial charge in [-0.2, -0.15) is 0 Å². The van der Waals surface area contributed by atoms with E-state index in [1.807, 2.05) is 0 Å². The third-order valence-electron chi connectivity index (χ3n) is 3.13. The van der Waals surface area contributed by atoms with E-state index in [4.69, 9.17) is 0 Å². The first-order chi connectivity index (χ1) is 5.88. The van der Waals surface area contributed by atoms with Crippen LogP contribution in [0.5, 0.6) is 0 Å². The summed E-state index contributed by atoms with van der Waals surface area (Å²) in [6.45, 7) is 7.46. The second-order valence-electron chi connectivity index (χ2n) is 3.94. The Bertz CT molecular complexity index is 182. The van der Waals surface area contributed by atoms with Crippen LogP contribution in [0.15, 0.2) is 0 Å². The summed E-state index contributed by atoms with van der Waals surface area (Å²) in [5, 5.41) is 0. The molecule has 0 aromatic rings. The van der Waals surface area contributed by atoms with Gasteiger partial charge in [-0.1, -0.05) is 0 Å². The number of nitrogens with zero attached hydrogens (tertiary/aromatic N) is 2. The molecule has 2 aliphatic heterocycles. The van der Waals surface area contributed by atoms with Gasteiger partial charge in [0.1, 0.15) is 0 Å². The quantitative estimate of drug-likeness (QED) is 0.389. The zero-order valence-corrected chi connectivity index (χ0v) is 8.05. The summed E-state index contributed by atoms with van der Waals surface area (Å²) in [6, 6.07) is 0. The highest BCUT2D eigenvalue weighted by molar-refractivity contribution is 5.74. The smallest absolute Gasteiger partial charge is 0.243 e. The lowest BCUT2D eigenvalue weighted by Crippen LogP contribution is -2.33. The summed E-state index contributed by atoms with van der Waals surface area (Å²) in [5.74, 6) is 1.53. The summed E-state index contributed by atoms with van der Waals surface area (Å²) >= 11 is 0. The van der Waals surface area contributed by atoms with Crippen LogP contribution in [-0.4, -0.2) is 41.5 Å². The van der Waals surface area contributed by atoms with Crippen LogP contribution in [0.3, 0.4) is 0 Å². The maximum atomic E-state index is 2.55. The zero-order valence-electron chi connectivity index (χ0n) is 8.05. The van der Waals surface area contributed by atoms with Gasteiger partial charge < -0.3 is 0 Å². The van der Waals surface area contributed by atoms with E-state index >= 15 is 0 Å². The average molecular weight is 167 g/mol. The molecule has 0 radical (unpaired) electrons. The molecule has 2 rings (SSSR count). The van der Waals surface area contributed by atoms with Crippen molar-refractivity contribution in [1.29, 1.82) is 0 Å². The molecule has 0 saturated carbocycles. The molecular formula is C10H19N2+. The molecule has 0 unspecified atom stereocenters. The maximum absolute atomic E-state index is 2.55. The molecule has 0 aliphatic carbocycles. The molecule has 2 aliphatic rings. The Morgan fingerprint density at radius 3 is 2.17 bits per heavy atom. The molecule has 0 spiro atoms. The predicted molar refractivity (Wildman–Crippen MR) is 50.7 cm³/mol. The van der Waals surface area contributed by atoms with Crippen molar-refractivity contribution >= 4 is 5.84 Å². The van der Waals surface area contributed by atoms with Crippen molar-refractivity contribution in [2.75, 3.05) is 26.2 Å². The second-order valence-corrected chi connectivity index (χ2v) is 3.94. The largest absolute Gasteiger partial charge is 0.266 e. The van der Waals surface area contributed by atoms with Gasteiger partial charge >= 0.3 is 0 Å². The maximum Gasteiger partial charge on any atom is 0.243 e. The second kappa shape index (κ2) is 3.46. The number of hydrogen-bond acceptors (Lipinski definition) is 0. The van der Waals surface area contributed by atoms with E-state index in [9.17, 15) is 0 Å². The molecule has 12 heavy (non-hydrogen) atoms. The SMILES string of the molecule is CC(N1CCCC1)=[N+]1CCCC1. The Morgan fingerprint density at radius 1 is 1.00 bits per heavy atom. The summed E-state index contributed by atoms with van der Waals surface area (Å²) < 4.78 is 2.55. The molecule has 2 saturated heterocycles. The van der Waals surface area contributed by atoms with Crippen LogP contribution >= 0.6 is 0 Å². The Kier molecular flexibility index (Phi) is 2.33. The summed E-state index contributed by atoms with van der Waals surface area (Å²) in [7, 11) is 0. The molecule has 68 valence electrons. The highest BCUT2D eigenvalue weighted by atomic mass is 15.2. The van der Waals surface area contributed by atoms with Gasteiger partial charge in [-0.3, -0.25) is 9.48 Å². The number of amidine groups is 1. The van der Waals surface area contributed by atoms with Gasteiger partial charge in [0.25, 0.3) is 0 Å². The number of rotatable bonds is 0. The normalized spacial score (nSPS) is 23.8. The van der Waals surface area contributed by atoms with Gasteiger partial charge in [0.15, 0.2) is 0 Å². The van der Waals surface area contributed by atoms with Gasteiger partial charge in [-0.05, 0) is 25.7 Å². The third-order valence-corrected chi connectivity index (χ3v) is 3.13.